The molecule has 1 aliphatic rings. The molecular formula is C18H27N3O4S. The van der Waals surface area contributed by atoms with Crippen LogP contribution in [0.15, 0.2) is 36.4 Å². The number of amides is 2. The molecule has 2 N–H and O–H groups in total. The molecule has 0 bridgehead atoms. The monoisotopic (exact) mass is 381 g/mol. The molecule has 1 aliphatic heterocycles. The summed E-state index contributed by atoms with van der Waals surface area (Å²) in [6.45, 7) is 7.53. The van der Waals surface area contributed by atoms with Crippen LogP contribution in [0.5, 0.6) is 5.75 Å². The van der Waals surface area contributed by atoms with E-state index in [4.69, 9.17) is 4.74 Å². The van der Waals surface area contributed by atoms with E-state index < -0.39 is 10.0 Å². The van der Waals surface area contributed by atoms with Crippen molar-refractivity contribution >= 4 is 21.7 Å². The number of hydrogen-bond donors (Lipinski definition) is 2. The molecule has 2 rings (SSSR count). The maximum atomic E-state index is 12.1. The molecule has 0 aliphatic carbocycles. The zero-order chi connectivity index (χ0) is 19.2. The molecule has 0 spiro atoms. The second-order valence-electron chi connectivity index (χ2n) is 6.74. The molecule has 1 fully saturated rings. The number of piperidine rings is 1. The minimum absolute atomic E-state index is 0.120. The number of rotatable bonds is 7. The number of sulfonamides is 1. The lowest BCUT2D eigenvalue weighted by atomic mass is 10.00. The SMILES string of the molecule is C=C(C)COc1cccc(NC(=O)NC[C@H]2CCCN(S(C)(=O)=O)C2)c1. The van der Waals surface area contributed by atoms with Crippen LogP contribution >= 0.6 is 0 Å². The van der Waals surface area contributed by atoms with Gasteiger partial charge in [0, 0.05) is 31.4 Å². The Morgan fingerprint density at radius 2 is 2.19 bits per heavy atom. The Morgan fingerprint density at radius 3 is 2.88 bits per heavy atom. The van der Waals surface area contributed by atoms with Crippen molar-refractivity contribution in [2.24, 2.45) is 5.92 Å². The molecule has 1 heterocycles. The van der Waals surface area contributed by atoms with Crippen molar-refractivity contribution in [2.45, 2.75) is 19.8 Å². The van der Waals surface area contributed by atoms with Gasteiger partial charge in [-0.2, -0.15) is 0 Å². The fraction of sp³-hybridized carbons (Fsp3) is 0.500. The molecular weight excluding hydrogens is 354 g/mol. The zero-order valence-corrected chi connectivity index (χ0v) is 16.1. The minimum Gasteiger partial charge on any atom is -0.489 e. The van der Waals surface area contributed by atoms with Gasteiger partial charge in [0.1, 0.15) is 12.4 Å². The summed E-state index contributed by atoms with van der Waals surface area (Å²) in [7, 11) is -3.18. The van der Waals surface area contributed by atoms with Crippen molar-refractivity contribution < 1.29 is 17.9 Å². The molecule has 1 saturated heterocycles. The first kappa shape index (κ1) is 20.3. The lowest BCUT2D eigenvalue weighted by molar-refractivity contribution is 0.239. The number of carbonyl (C=O) groups is 1. The molecule has 8 heteroatoms. The van der Waals surface area contributed by atoms with Gasteiger partial charge in [0.2, 0.25) is 10.0 Å². The molecule has 26 heavy (non-hydrogen) atoms. The van der Waals surface area contributed by atoms with E-state index in [1.165, 1.54) is 10.6 Å². The van der Waals surface area contributed by atoms with Crippen molar-refractivity contribution in [1.29, 1.82) is 0 Å². The Hall–Kier alpha value is -2.06. The van der Waals surface area contributed by atoms with Gasteiger partial charge < -0.3 is 15.4 Å². The van der Waals surface area contributed by atoms with Crippen LogP contribution in [0.2, 0.25) is 0 Å². The Morgan fingerprint density at radius 1 is 1.42 bits per heavy atom. The van der Waals surface area contributed by atoms with Gasteiger partial charge in [-0.05, 0) is 43.4 Å². The smallest absolute Gasteiger partial charge is 0.319 e. The van der Waals surface area contributed by atoms with Crippen LogP contribution in [-0.2, 0) is 10.0 Å². The highest BCUT2D eigenvalue weighted by atomic mass is 32.2. The topological polar surface area (TPSA) is 87.7 Å². The highest BCUT2D eigenvalue weighted by Crippen LogP contribution is 2.19. The molecule has 1 atom stereocenters. The first-order valence-electron chi connectivity index (χ1n) is 8.61. The van der Waals surface area contributed by atoms with Crippen molar-refractivity contribution in [3.8, 4) is 5.75 Å². The van der Waals surface area contributed by atoms with Crippen LogP contribution in [-0.4, -0.2) is 51.3 Å². The van der Waals surface area contributed by atoms with E-state index in [-0.39, 0.29) is 11.9 Å². The Labute approximate surface area is 155 Å². The largest absolute Gasteiger partial charge is 0.489 e. The van der Waals surface area contributed by atoms with E-state index in [2.05, 4.69) is 17.2 Å². The first-order valence-corrected chi connectivity index (χ1v) is 10.5. The summed E-state index contributed by atoms with van der Waals surface area (Å²) in [4.78, 5) is 12.1. The maximum absolute atomic E-state index is 12.1. The standard InChI is InChI=1S/C18H27N3O4S/c1-14(2)13-25-17-8-4-7-16(10-17)20-18(22)19-11-15-6-5-9-21(12-15)26(3,23)24/h4,7-8,10,15H,1,5-6,9,11-13H2,2-3H3,(H2,19,20,22)/t15-/m1/s1. The second-order valence-corrected chi connectivity index (χ2v) is 8.72. The van der Waals surface area contributed by atoms with Crippen molar-refractivity contribution in [3.63, 3.8) is 0 Å². The van der Waals surface area contributed by atoms with Gasteiger partial charge in [0.15, 0.2) is 0 Å². The van der Waals surface area contributed by atoms with Crippen molar-refractivity contribution in [1.82, 2.24) is 9.62 Å². The Bertz CT molecular complexity index is 749. The number of benzene rings is 1. The van der Waals surface area contributed by atoms with E-state index in [1.807, 2.05) is 13.0 Å². The third-order valence-electron chi connectivity index (χ3n) is 4.08. The average Bonchev–Trinajstić information content (AvgIpc) is 2.58. The lowest BCUT2D eigenvalue weighted by Gasteiger charge is -2.30. The molecule has 144 valence electrons. The summed E-state index contributed by atoms with van der Waals surface area (Å²) in [6.07, 6.45) is 2.93. The molecule has 0 saturated carbocycles. The van der Waals surface area contributed by atoms with E-state index in [9.17, 15) is 13.2 Å². The number of nitrogens with one attached hydrogen (secondary N) is 2. The van der Waals surface area contributed by atoms with Gasteiger partial charge in [-0.25, -0.2) is 17.5 Å². The van der Waals surface area contributed by atoms with Crippen LogP contribution in [0.1, 0.15) is 19.8 Å². The van der Waals surface area contributed by atoms with Gasteiger partial charge in [0.05, 0.1) is 6.26 Å². The van der Waals surface area contributed by atoms with Gasteiger partial charge in [-0.1, -0.05) is 12.6 Å². The summed E-state index contributed by atoms with van der Waals surface area (Å²) in [6, 6.07) is 6.81. The maximum Gasteiger partial charge on any atom is 0.319 e. The predicted molar refractivity (Wildman–Crippen MR) is 103 cm³/mol. The van der Waals surface area contributed by atoms with Crippen molar-refractivity contribution in [3.05, 3.63) is 36.4 Å². The summed E-state index contributed by atoms with van der Waals surface area (Å²) in [5, 5.41) is 5.58. The lowest BCUT2D eigenvalue weighted by Crippen LogP contribution is -2.43. The quantitative estimate of drug-likeness (QED) is 0.710. The van der Waals surface area contributed by atoms with E-state index >= 15 is 0 Å². The average molecular weight is 381 g/mol. The Kier molecular flexibility index (Phi) is 7.05. The van der Waals surface area contributed by atoms with Gasteiger partial charge in [-0.3, -0.25) is 0 Å². The van der Waals surface area contributed by atoms with E-state index in [0.29, 0.717) is 37.7 Å². The molecule has 0 radical (unpaired) electrons. The third kappa shape index (κ3) is 6.68. The number of urea groups is 1. The van der Waals surface area contributed by atoms with Crippen LogP contribution in [0.4, 0.5) is 10.5 Å². The highest BCUT2D eigenvalue weighted by molar-refractivity contribution is 7.88. The van der Waals surface area contributed by atoms with Crippen LogP contribution in [0.25, 0.3) is 0 Å². The number of ether oxygens (including phenoxy) is 1. The molecule has 1 aromatic carbocycles. The van der Waals surface area contributed by atoms with Gasteiger partial charge in [-0.15, -0.1) is 0 Å². The second kappa shape index (κ2) is 9.05. The van der Waals surface area contributed by atoms with Gasteiger partial charge >= 0.3 is 6.03 Å². The summed E-state index contributed by atoms with van der Waals surface area (Å²) in [5.74, 6) is 0.774. The third-order valence-corrected chi connectivity index (χ3v) is 5.35. The molecule has 0 aromatic heterocycles. The normalized spacial score (nSPS) is 18.2. The number of carbonyl (C=O) groups excluding carboxylic acids is 1. The van der Waals surface area contributed by atoms with Crippen LogP contribution in [0, 0.1) is 5.92 Å². The number of hydrogen-bond acceptors (Lipinski definition) is 4. The van der Waals surface area contributed by atoms with Crippen LogP contribution < -0.4 is 15.4 Å². The van der Waals surface area contributed by atoms with E-state index in [1.54, 1.807) is 18.2 Å². The number of nitrogens with zero attached hydrogens (tertiary/aromatic N) is 1. The number of anilines is 1. The molecule has 2 amide bonds. The molecule has 7 nitrogen and oxygen atoms in total. The Balaban J connectivity index is 1.81. The molecule has 0 unspecified atom stereocenters. The van der Waals surface area contributed by atoms with E-state index in [0.717, 1.165) is 18.4 Å². The summed E-state index contributed by atoms with van der Waals surface area (Å²) in [5.41, 5.74) is 1.54. The molecule has 1 aromatic rings. The summed E-state index contributed by atoms with van der Waals surface area (Å²) < 4.78 is 30.3. The summed E-state index contributed by atoms with van der Waals surface area (Å²) >= 11 is 0. The first-order chi connectivity index (χ1) is 12.2. The fourth-order valence-electron chi connectivity index (χ4n) is 2.78. The van der Waals surface area contributed by atoms with Gasteiger partial charge in [0.25, 0.3) is 0 Å². The van der Waals surface area contributed by atoms with Crippen molar-refractivity contribution in [2.75, 3.05) is 37.8 Å². The highest BCUT2D eigenvalue weighted by Gasteiger charge is 2.25. The van der Waals surface area contributed by atoms with Crippen LogP contribution in [0.3, 0.4) is 0 Å². The predicted octanol–water partition coefficient (Wildman–Crippen LogP) is 2.43. The fourth-order valence-corrected chi connectivity index (χ4v) is 3.72. The zero-order valence-electron chi connectivity index (χ0n) is 15.3. The minimum atomic E-state index is -3.18.